The van der Waals surface area contributed by atoms with Crippen LogP contribution >= 0.6 is 11.6 Å². The van der Waals surface area contributed by atoms with Gasteiger partial charge in [-0.05, 0) is 13.3 Å². The zero-order valence-electron chi connectivity index (χ0n) is 7.19. The van der Waals surface area contributed by atoms with E-state index in [0.717, 1.165) is 18.4 Å². The molecule has 0 aliphatic carbocycles. The minimum atomic E-state index is -0.471. The van der Waals surface area contributed by atoms with Gasteiger partial charge in [-0.15, -0.1) is 11.6 Å². The van der Waals surface area contributed by atoms with Crippen molar-refractivity contribution in [1.29, 1.82) is 0 Å². The molecule has 0 unspecified atom stereocenters. The Morgan fingerprint density at radius 2 is 2.18 bits per heavy atom. The van der Waals surface area contributed by atoms with Gasteiger partial charge in [0.25, 0.3) is 0 Å². The van der Waals surface area contributed by atoms with Crippen molar-refractivity contribution in [1.82, 2.24) is 0 Å². The molecule has 0 radical (unpaired) electrons. The minimum Gasteiger partial charge on any atom is -0.298 e. The average Bonchev–Trinajstić information content (AvgIpc) is 1.98. The highest BCUT2D eigenvalue weighted by molar-refractivity contribution is 6.33. The van der Waals surface area contributed by atoms with Crippen LogP contribution in [0.4, 0.5) is 0 Å². The average molecular weight is 175 g/mol. The Hall–Kier alpha value is -0.300. The molecule has 0 aliphatic rings. The van der Waals surface area contributed by atoms with E-state index < -0.39 is 5.38 Å². The Bertz CT molecular complexity index is 152. The number of Topliss-reactive ketones (excluding diaryl/α,β-unsaturated/α-hetero) is 1. The Balaban J connectivity index is 3.74. The molecule has 2 heteroatoms. The largest absolute Gasteiger partial charge is 0.298 e. The number of carbonyl (C=O) groups excluding carboxylic acids is 1. The van der Waals surface area contributed by atoms with E-state index in [1.807, 2.05) is 0 Å². The lowest BCUT2D eigenvalue weighted by Gasteiger charge is -2.06. The second-order valence-corrected chi connectivity index (χ2v) is 3.22. The Morgan fingerprint density at radius 3 is 2.55 bits per heavy atom. The number of alkyl halides is 1. The summed E-state index contributed by atoms with van der Waals surface area (Å²) in [7, 11) is 0. The first-order valence-electron chi connectivity index (χ1n) is 3.91. The van der Waals surface area contributed by atoms with E-state index in [1.165, 1.54) is 0 Å². The predicted octanol–water partition coefficient (Wildman–Crippen LogP) is 2.93. The van der Waals surface area contributed by atoms with Crippen LogP contribution in [0.1, 0.15) is 33.1 Å². The van der Waals surface area contributed by atoms with Crippen LogP contribution in [0.3, 0.4) is 0 Å². The fraction of sp³-hybridized carbons (Fsp3) is 0.667. The van der Waals surface area contributed by atoms with Gasteiger partial charge in [-0.25, -0.2) is 0 Å². The summed E-state index contributed by atoms with van der Waals surface area (Å²) in [6, 6.07) is 0. The normalized spacial score (nSPS) is 12.6. The third-order valence-corrected chi connectivity index (χ3v) is 2.11. The summed E-state index contributed by atoms with van der Waals surface area (Å²) in [6.45, 7) is 7.46. The molecule has 0 saturated carbocycles. The lowest BCUT2D eigenvalue weighted by molar-refractivity contribution is -0.118. The predicted molar refractivity (Wildman–Crippen MR) is 49.0 cm³/mol. The van der Waals surface area contributed by atoms with Crippen molar-refractivity contribution < 1.29 is 4.79 Å². The third-order valence-electron chi connectivity index (χ3n) is 1.49. The molecule has 0 aromatic rings. The fourth-order valence-corrected chi connectivity index (χ4v) is 0.862. The molecule has 0 N–H and O–H groups in total. The van der Waals surface area contributed by atoms with Crippen LogP contribution in [0, 0.1) is 0 Å². The van der Waals surface area contributed by atoms with Crippen molar-refractivity contribution in [2.75, 3.05) is 0 Å². The quantitative estimate of drug-likeness (QED) is 0.463. The summed E-state index contributed by atoms with van der Waals surface area (Å²) in [6.07, 6.45) is 2.54. The molecule has 0 aromatic heterocycles. The molecule has 0 spiro atoms. The number of unbranched alkanes of at least 4 members (excludes halogenated alkanes) is 1. The van der Waals surface area contributed by atoms with E-state index in [9.17, 15) is 4.79 Å². The van der Waals surface area contributed by atoms with Crippen molar-refractivity contribution in [3.8, 4) is 0 Å². The smallest absolute Gasteiger partial charge is 0.154 e. The van der Waals surface area contributed by atoms with Crippen LogP contribution in [0.25, 0.3) is 0 Å². The van der Waals surface area contributed by atoms with Gasteiger partial charge in [0.15, 0.2) is 5.78 Å². The molecule has 64 valence electrons. The number of carbonyl (C=O) groups is 1. The fourth-order valence-electron chi connectivity index (χ4n) is 0.753. The third kappa shape index (κ3) is 4.20. The number of hydrogen-bond donors (Lipinski definition) is 0. The van der Waals surface area contributed by atoms with E-state index in [1.54, 1.807) is 6.92 Å². The molecule has 0 aromatic carbocycles. The van der Waals surface area contributed by atoms with Gasteiger partial charge in [-0.3, -0.25) is 4.79 Å². The second-order valence-electron chi connectivity index (χ2n) is 2.78. The van der Waals surface area contributed by atoms with Crippen LogP contribution in [0.15, 0.2) is 12.2 Å². The summed E-state index contributed by atoms with van der Waals surface area (Å²) in [5, 5.41) is -0.471. The maximum absolute atomic E-state index is 11.2. The lowest BCUT2D eigenvalue weighted by atomic mass is 10.1. The molecule has 0 saturated heterocycles. The molecule has 0 aliphatic heterocycles. The highest BCUT2D eigenvalue weighted by Crippen LogP contribution is 2.11. The number of allylic oxidation sites excluding steroid dienone is 1. The Labute approximate surface area is 73.4 Å². The molecule has 0 heterocycles. The zero-order valence-corrected chi connectivity index (χ0v) is 7.95. The zero-order chi connectivity index (χ0) is 8.85. The van der Waals surface area contributed by atoms with E-state index in [2.05, 4.69) is 13.5 Å². The summed E-state index contributed by atoms with van der Waals surface area (Å²) in [5.41, 5.74) is 0.743. The number of ketones is 1. The van der Waals surface area contributed by atoms with Gasteiger partial charge in [0.05, 0.1) is 0 Å². The molecule has 1 atom stereocenters. The molecular weight excluding hydrogens is 160 g/mol. The van der Waals surface area contributed by atoms with Crippen molar-refractivity contribution in [2.24, 2.45) is 0 Å². The van der Waals surface area contributed by atoms with E-state index in [-0.39, 0.29) is 5.78 Å². The first-order valence-corrected chi connectivity index (χ1v) is 4.35. The standard InChI is InChI=1S/C9H15ClO/c1-4-5-6-8(11)9(10)7(2)3/h9H,2,4-6H2,1,3H3/t9-/m1/s1. The maximum Gasteiger partial charge on any atom is 0.154 e. The van der Waals surface area contributed by atoms with Gasteiger partial charge in [-0.2, -0.15) is 0 Å². The first kappa shape index (κ1) is 10.7. The molecule has 0 fully saturated rings. The Kier molecular flexibility index (Phi) is 5.22. The molecule has 11 heavy (non-hydrogen) atoms. The number of hydrogen-bond acceptors (Lipinski definition) is 1. The van der Waals surface area contributed by atoms with Gasteiger partial charge in [-0.1, -0.05) is 25.5 Å². The molecule has 1 nitrogen and oxygen atoms in total. The number of halogens is 1. The topological polar surface area (TPSA) is 17.1 Å². The lowest BCUT2D eigenvalue weighted by Crippen LogP contribution is -2.14. The van der Waals surface area contributed by atoms with Gasteiger partial charge < -0.3 is 0 Å². The molecular formula is C9H15ClO. The summed E-state index contributed by atoms with van der Waals surface area (Å²) < 4.78 is 0. The molecule has 0 rings (SSSR count). The summed E-state index contributed by atoms with van der Waals surface area (Å²) in [4.78, 5) is 11.2. The van der Waals surface area contributed by atoms with Crippen molar-refractivity contribution >= 4 is 17.4 Å². The van der Waals surface area contributed by atoms with E-state index in [0.29, 0.717) is 6.42 Å². The van der Waals surface area contributed by atoms with E-state index >= 15 is 0 Å². The van der Waals surface area contributed by atoms with Gasteiger partial charge in [0, 0.05) is 6.42 Å². The van der Waals surface area contributed by atoms with Crippen LogP contribution in [0.5, 0.6) is 0 Å². The van der Waals surface area contributed by atoms with Crippen molar-refractivity contribution in [2.45, 2.75) is 38.5 Å². The summed E-state index contributed by atoms with van der Waals surface area (Å²) in [5.74, 6) is 0.0982. The second kappa shape index (κ2) is 5.36. The van der Waals surface area contributed by atoms with Crippen molar-refractivity contribution in [3.05, 3.63) is 12.2 Å². The minimum absolute atomic E-state index is 0.0982. The summed E-state index contributed by atoms with van der Waals surface area (Å²) >= 11 is 5.75. The van der Waals surface area contributed by atoms with Crippen LogP contribution in [0.2, 0.25) is 0 Å². The van der Waals surface area contributed by atoms with Gasteiger partial charge in [0.1, 0.15) is 5.38 Å². The Morgan fingerprint density at radius 1 is 1.64 bits per heavy atom. The monoisotopic (exact) mass is 174 g/mol. The van der Waals surface area contributed by atoms with Crippen LogP contribution in [-0.2, 0) is 4.79 Å². The highest BCUT2D eigenvalue weighted by atomic mass is 35.5. The maximum atomic E-state index is 11.2. The highest BCUT2D eigenvalue weighted by Gasteiger charge is 2.14. The van der Waals surface area contributed by atoms with E-state index in [4.69, 9.17) is 11.6 Å². The molecule has 0 amide bonds. The van der Waals surface area contributed by atoms with Crippen LogP contribution < -0.4 is 0 Å². The van der Waals surface area contributed by atoms with Gasteiger partial charge in [0.2, 0.25) is 0 Å². The van der Waals surface area contributed by atoms with Crippen LogP contribution in [-0.4, -0.2) is 11.2 Å². The molecule has 0 bridgehead atoms. The van der Waals surface area contributed by atoms with Gasteiger partial charge >= 0.3 is 0 Å². The SMILES string of the molecule is C=C(C)[C@@H](Cl)C(=O)CCCC. The first-order chi connectivity index (χ1) is 5.09. The van der Waals surface area contributed by atoms with Crippen molar-refractivity contribution in [3.63, 3.8) is 0 Å². The number of rotatable bonds is 5.